The topological polar surface area (TPSA) is 3.88 Å². The molecule has 0 aromatic carbocycles. The predicted octanol–water partition coefficient (Wildman–Crippen LogP) is 2.42. The first-order valence-electron chi connectivity index (χ1n) is 4.67. The van der Waals surface area contributed by atoms with Crippen molar-refractivity contribution in [1.82, 2.24) is 0 Å². The van der Waals surface area contributed by atoms with Gasteiger partial charge in [-0.05, 0) is 13.0 Å². The van der Waals surface area contributed by atoms with E-state index in [-0.39, 0.29) is 0 Å². The third-order valence-electron chi connectivity index (χ3n) is 2.38. The summed E-state index contributed by atoms with van der Waals surface area (Å²) in [5, 5.41) is 0. The van der Waals surface area contributed by atoms with Gasteiger partial charge in [-0.3, -0.25) is 0 Å². The van der Waals surface area contributed by atoms with Gasteiger partial charge in [0.1, 0.15) is 0 Å². The van der Waals surface area contributed by atoms with Crippen molar-refractivity contribution in [3.63, 3.8) is 0 Å². The van der Waals surface area contributed by atoms with Gasteiger partial charge in [0.05, 0.1) is 0 Å². The highest BCUT2D eigenvalue weighted by atomic mass is 15.0. The van der Waals surface area contributed by atoms with Gasteiger partial charge in [0.15, 0.2) is 18.4 Å². The molecular formula is C12H14N+. The van der Waals surface area contributed by atoms with Gasteiger partial charge in [-0.1, -0.05) is 23.8 Å². The third kappa shape index (κ3) is 1.86. The Balaban J connectivity index is 2.18. The van der Waals surface area contributed by atoms with Crippen molar-refractivity contribution < 1.29 is 4.57 Å². The zero-order chi connectivity index (χ0) is 9.10. The molecule has 0 unspecified atom stereocenters. The summed E-state index contributed by atoms with van der Waals surface area (Å²) in [5.41, 5.74) is 1.37. The van der Waals surface area contributed by atoms with Crippen LogP contribution in [0.1, 0.15) is 19.4 Å². The normalized spacial score (nSPS) is 21.3. The van der Waals surface area contributed by atoms with Crippen LogP contribution in [0.3, 0.4) is 0 Å². The van der Waals surface area contributed by atoms with Crippen molar-refractivity contribution in [1.29, 1.82) is 0 Å². The van der Waals surface area contributed by atoms with E-state index >= 15 is 0 Å². The molecule has 0 radical (unpaired) electrons. The fourth-order valence-electron chi connectivity index (χ4n) is 1.57. The van der Waals surface area contributed by atoms with Crippen LogP contribution in [-0.4, -0.2) is 0 Å². The van der Waals surface area contributed by atoms with Crippen LogP contribution >= 0.6 is 0 Å². The lowest BCUT2D eigenvalue weighted by Crippen LogP contribution is -2.37. The Morgan fingerprint density at radius 3 is 2.62 bits per heavy atom. The monoisotopic (exact) mass is 172 g/mol. The van der Waals surface area contributed by atoms with Crippen molar-refractivity contribution in [3.05, 3.63) is 54.4 Å². The molecule has 1 aromatic rings. The zero-order valence-corrected chi connectivity index (χ0v) is 7.85. The van der Waals surface area contributed by atoms with E-state index in [1.54, 1.807) is 0 Å². The standard InChI is InChI=1S/C12H14N/c1-11-5-7-12(8-6-11)13-9-3-2-4-10-13/h2-7,9-10,12H,8H2,1H3/q+1/t12-/m0/s1. The molecule has 0 N–H and O–H groups in total. The molecule has 1 heteroatoms. The molecule has 1 aromatic heterocycles. The van der Waals surface area contributed by atoms with E-state index in [4.69, 9.17) is 0 Å². The minimum Gasteiger partial charge on any atom is -0.198 e. The molecule has 0 bridgehead atoms. The highest BCUT2D eigenvalue weighted by molar-refractivity contribution is 5.20. The van der Waals surface area contributed by atoms with E-state index < -0.39 is 0 Å². The van der Waals surface area contributed by atoms with Crippen molar-refractivity contribution >= 4 is 0 Å². The lowest BCUT2D eigenvalue weighted by Gasteiger charge is -2.09. The van der Waals surface area contributed by atoms with Crippen LogP contribution < -0.4 is 4.57 Å². The van der Waals surface area contributed by atoms with E-state index in [0.29, 0.717) is 6.04 Å². The Bertz CT molecular complexity index is 335. The molecule has 0 amide bonds. The summed E-state index contributed by atoms with van der Waals surface area (Å²) in [5.74, 6) is 0. The minimum atomic E-state index is 0.505. The average Bonchev–Trinajstić information content (AvgIpc) is 2.20. The fraction of sp³-hybridized carbons (Fsp3) is 0.250. The molecule has 0 saturated heterocycles. The molecule has 1 aliphatic rings. The fourth-order valence-corrected chi connectivity index (χ4v) is 1.57. The Kier molecular flexibility index (Phi) is 2.26. The van der Waals surface area contributed by atoms with Crippen LogP contribution in [0, 0.1) is 0 Å². The van der Waals surface area contributed by atoms with Crippen molar-refractivity contribution in [2.45, 2.75) is 19.4 Å². The summed E-state index contributed by atoms with van der Waals surface area (Å²) < 4.78 is 2.24. The third-order valence-corrected chi connectivity index (χ3v) is 2.38. The second-order valence-electron chi connectivity index (χ2n) is 3.43. The van der Waals surface area contributed by atoms with Gasteiger partial charge >= 0.3 is 0 Å². The molecule has 1 nitrogen and oxygen atoms in total. The lowest BCUT2D eigenvalue weighted by molar-refractivity contribution is -0.711. The number of rotatable bonds is 1. The number of hydrogen-bond donors (Lipinski definition) is 0. The van der Waals surface area contributed by atoms with Gasteiger partial charge < -0.3 is 0 Å². The van der Waals surface area contributed by atoms with E-state index in [1.807, 2.05) is 6.07 Å². The van der Waals surface area contributed by atoms with E-state index in [1.165, 1.54) is 5.57 Å². The van der Waals surface area contributed by atoms with Crippen LogP contribution in [0.4, 0.5) is 0 Å². The molecule has 66 valence electrons. The Morgan fingerprint density at radius 1 is 1.23 bits per heavy atom. The molecule has 2 rings (SSSR count). The minimum absolute atomic E-state index is 0.505. The highest BCUT2D eigenvalue weighted by Crippen LogP contribution is 2.15. The Labute approximate surface area is 79.0 Å². The molecule has 0 fully saturated rings. The van der Waals surface area contributed by atoms with Crippen LogP contribution in [0.5, 0.6) is 0 Å². The maximum atomic E-state index is 2.28. The summed E-state index contributed by atoms with van der Waals surface area (Å²) in [6.07, 6.45) is 12.1. The first-order chi connectivity index (χ1) is 6.36. The van der Waals surface area contributed by atoms with Crippen molar-refractivity contribution in [2.24, 2.45) is 0 Å². The lowest BCUT2D eigenvalue weighted by atomic mass is 10.0. The van der Waals surface area contributed by atoms with Crippen LogP contribution in [0.25, 0.3) is 0 Å². The van der Waals surface area contributed by atoms with Gasteiger partial charge in [-0.15, -0.1) is 0 Å². The van der Waals surface area contributed by atoms with Gasteiger partial charge in [-0.25, -0.2) is 0 Å². The first kappa shape index (κ1) is 8.24. The van der Waals surface area contributed by atoms with Crippen LogP contribution in [0.2, 0.25) is 0 Å². The molecule has 0 spiro atoms. The van der Waals surface area contributed by atoms with Gasteiger partial charge in [0, 0.05) is 18.6 Å². The summed E-state index contributed by atoms with van der Waals surface area (Å²) in [6, 6.07) is 6.69. The molecule has 0 saturated carbocycles. The number of allylic oxidation sites excluding steroid dienone is 4. The number of pyridine rings is 1. The van der Waals surface area contributed by atoms with Crippen molar-refractivity contribution in [3.8, 4) is 0 Å². The predicted molar refractivity (Wildman–Crippen MR) is 53.2 cm³/mol. The van der Waals surface area contributed by atoms with Gasteiger partial charge in [-0.2, -0.15) is 4.57 Å². The van der Waals surface area contributed by atoms with Crippen LogP contribution in [-0.2, 0) is 0 Å². The molecule has 13 heavy (non-hydrogen) atoms. The first-order valence-corrected chi connectivity index (χ1v) is 4.67. The number of nitrogens with zero attached hydrogens (tertiary/aromatic N) is 1. The number of aromatic nitrogens is 1. The smallest absolute Gasteiger partial charge is 0.180 e. The Hall–Kier alpha value is -1.37. The van der Waals surface area contributed by atoms with Gasteiger partial charge in [0.25, 0.3) is 0 Å². The maximum absolute atomic E-state index is 2.28. The molecule has 1 heterocycles. The maximum Gasteiger partial charge on any atom is 0.180 e. The van der Waals surface area contributed by atoms with Crippen molar-refractivity contribution in [2.75, 3.05) is 0 Å². The molecule has 1 aliphatic carbocycles. The van der Waals surface area contributed by atoms with E-state index in [9.17, 15) is 0 Å². The highest BCUT2D eigenvalue weighted by Gasteiger charge is 2.14. The van der Waals surface area contributed by atoms with Crippen LogP contribution in [0.15, 0.2) is 54.4 Å². The largest absolute Gasteiger partial charge is 0.198 e. The number of hydrogen-bond acceptors (Lipinski definition) is 0. The average molecular weight is 172 g/mol. The molecule has 0 aliphatic heterocycles. The van der Waals surface area contributed by atoms with E-state index in [0.717, 1.165) is 6.42 Å². The Morgan fingerprint density at radius 2 is 2.00 bits per heavy atom. The van der Waals surface area contributed by atoms with Gasteiger partial charge in [0.2, 0.25) is 0 Å². The summed E-state index contributed by atoms with van der Waals surface area (Å²) >= 11 is 0. The second kappa shape index (κ2) is 3.56. The second-order valence-corrected chi connectivity index (χ2v) is 3.43. The summed E-state index contributed by atoms with van der Waals surface area (Å²) in [6.45, 7) is 2.14. The quantitative estimate of drug-likeness (QED) is 0.573. The summed E-state index contributed by atoms with van der Waals surface area (Å²) in [7, 11) is 0. The molecular weight excluding hydrogens is 158 g/mol. The SMILES string of the molecule is CC1=CC[C@@H]([n+]2ccccc2)C=C1. The zero-order valence-electron chi connectivity index (χ0n) is 7.85. The van der Waals surface area contributed by atoms with E-state index in [2.05, 4.69) is 54.2 Å². The molecule has 1 atom stereocenters. The summed E-state index contributed by atoms with van der Waals surface area (Å²) in [4.78, 5) is 0.